The maximum absolute atomic E-state index is 12.1. The highest BCUT2D eigenvalue weighted by atomic mass is 16.2. The zero-order chi connectivity index (χ0) is 16.4. The second-order valence-electron chi connectivity index (χ2n) is 5.46. The van der Waals surface area contributed by atoms with Crippen LogP contribution < -0.4 is 5.32 Å². The van der Waals surface area contributed by atoms with Gasteiger partial charge in [0, 0.05) is 24.0 Å². The van der Waals surface area contributed by atoms with Crippen molar-refractivity contribution in [1.82, 2.24) is 20.2 Å². The number of carbonyl (C=O) groups is 1. The largest absolute Gasteiger partial charge is 0.304 e. The lowest BCUT2D eigenvalue weighted by molar-refractivity contribution is 0.102. The first-order valence-electron chi connectivity index (χ1n) is 7.25. The number of anilines is 1. The number of rotatable bonds is 3. The molecule has 3 aromatic rings. The fourth-order valence-corrected chi connectivity index (χ4v) is 2.37. The van der Waals surface area contributed by atoms with E-state index in [-0.39, 0.29) is 11.6 Å². The number of hydrogen-bond acceptors (Lipinski definition) is 4. The van der Waals surface area contributed by atoms with E-state index in [1.165, 1.54) is 29.7 Å². The van der Waals surface area contributed by atoms with Gasteiger partial charge in [-0.2, -0.15) is 5.10 Å². The van der Waals surface area contributed by atoms with Crippen molar-refractivity contribution in [1.29, 1.82) is 0 Å². The molecular formula is C17H17N5O. The van der Waals surface area contributed by atoms with E-state index < -0.39 is 0 Å². The minimum absolute atomic E-state index is 0.249. The van der Waals surface area contributed by atoms with Crippen molar-refractivity contribution in [2.45, 2.75) is 20.8 Å². The van der Waals surface area contributed by atoms with Crippen LogP contribution in [0.15, 0.2) is 36.8 Å². The standard InChI is InChI=1S/C17H17N5O/c1-10-6-12(3)13(7-11(10)2)14-8-16(22-21-14)20-17(23)15-9-18-4-5-19-15/h4-9H,1-3H3,(H2,20,21,22,23). The molecule has 116 valence electrons. The number of amides is 1. The molecule has 0 aliphatic carbocycles. The summed E-state index contributed by atoms with van der Waals surface area (Å²) in [6, 6.07) is 6.07. The SMILES string of the molecule is Cc1cc(C)c(-c2cc(NC(=O)c3cnccn3)n[nH]2)cc1C. The number of nitrogens with zero attached hydrogens (tertiary/aromatic N) is 3. The first kappa shape index (κ1) is 14.9. The summed E-state index contributed by atoms with van der Waals surface area (Å²) in [6.07, 6.45) is 4.41. The number of aryl methyl sites for hydroxylation is 3. The number of aromatic nitrogens is 4. The molecule has 2 aromatic heterocycles. The maximum Gasteiger partial charge on any atom is 0.277 e. The summed E-state index contributed by atoms with van der Waals surface area (Å²) >= 11 is 0. The quantitative estimate of drug-likeness (QED) is 0.779. The maximum atomic E-state index is 12.1. The van der Waals surface area contributed by atoms with E-state index in [4.69, 9.17) is 0 Å². The Morgan fingerprint density at radius 1 is 1.04 bits per heavy atom. The topological polar surface area (TPSA) is 83.6 Å². The smallest absolute Gasteiger partial charge is 0.277 e. The summed E-state index contributed by atoms with van der Waals surface area (Å²) in [5.74, 6) is 0.112. The summed E-state index contributed by atoms with van der Waals surface area (Å²) in [7, 11) is 0. The average Bonchev–Trinajstić information content (AvgIpc) is 3.00. The molecule has 23 heavy (non-hydrogen) atoms. The van der Waals surface area contributed by atoms with Crippen molar-refractivity contribution in [3.63, 3.8) is 0 Å². The monoisotopic (exact) mass is 307 g/mol. The third-order valence-electron chi connectivity index (χ3n) is 3.75. The predicted octanol–water partition coefficient (Wildman–Crippen LogP) is 3.04. The molecule has 0 bridgehead atoms. The van der Waals surface area contributed by atoms with Gasteiger partial charge in [0.25, 0.3) is 5.91 Å². The van der Waals surface area contributed by atoms with Gasteiger partial charge in [-0.3, -0.25) is 14.9 Å². The number of aromatic amines is 1. The predicted molar refractivity (Wildman–Crippen MR) is 88.2 cm³/mol. The second kappa shape index (κ2) is 6.00. The van der Waals surface area contributed by atoms with Gasteiger partial charge in [0.15, 0.2) is 5.82 Å². The summed E-state index contributed by atoms with van der Waals surface area (Å²) in [6.45, 7) is 6.22. The van der Waals surface area contributed by atoms with Gasteiger partial charge in [-0.05, 0) is 43.5 Å². The highest BCUT2D eigenvalue weighted by molar-refractivity contribution is 6.02. The minimum Gasteiger partial charge on any atom is -0.304 e. The van der Waals surface area contributed by atoms with Crippen LogP contribution in [0.25, 0.3) is 11.3 Å². The molecule has 0 saturated carbocycles. The molecule has 0 unspecified atom stereocenters. The minimum atomic E-state index is -0.340. The van der Waals surface area contributed by atoms with E-state index in [0.29, 0.717) is 5.82 Å². The zero-order valence-corrected chi connectivity index (χ0v) is 13.2. The lowest BCUT2D eigenvalue weighted by atomic mass is 9.99. The van der Waals surface area contributed by atoms with Crippen molar-refractivity contribution < 1.29 is 4.79 Å². The third kappa shape index (κ3) is 3.11. The molecule has 0 fully saturated rings. The Hall–Kier alpha value is -3.02. The molecule has 0 atom stereocenters. The summed E-state index contributed by atoms with van der Waals surface area (Å²) in [5.41, 5.74) is 5.80. The number of H-pyrrole nitrogens is 1. The molecule has 6 heteroatoms. The van der Waals surface area contributed by atoms with Crippen LogP contribution in [-0.2, 0) is 0 Å². The molecule has 2 N–H and O–H groups in total. The molecule has 0 spiro atoms. The van der Waals surface area contributed by atoms with Gasteiger partial charge in [-0.1, -0.05) is 6.07 Å². The fraction of sp³-hybridized carbons (Fsp3) is 0.176. The van der Waals surface area contributed by atoms with Crippen LogP contribution in [-0.4, -0.2) is 26.1 Å². The lowest BCUT2D eigenvalue weighted by Crippen LogP contribution is -2.13. The van der Waals surface area contributed by atoms with Crippen molar-refractivity contribution in [2.75, 3.05) is 5.32 Å². The molecule has 3 rings (SSSR count). The molecule has 0 aliphatic heterocycles. The second-order valence-corrected chi connectivity index (χ2v) is 5.46. The molecular weight excluding hydrogens is 290 g/mol. The summed E-state index contributed by atoms with van der Waals surface area (Å²) in [5, 5.41) is 9.82. The Kier molecular flexibility index (Phi) is 3.89. The first-order chi connectivity index (χ1) is 11.0. The van der Waals surface area contributed by atoms with Gasteiger partial charge in [-0.25, -0.2) is 4.98 Å². The molecule has 0 radical (unpaired) electrons. The Bertz CT molecular complexity index is 855. The Balaban J connectivity index is 1.84. The Morgan fingerprint density at radius 2 is 1.83 bits per heavy atom. The van der Waals surface area contributed by atoms with Crippen LogP contribution in [0.5, 0.6) is 0 Å². The highest BCUT2D eigenvalue weighted by Gasteiger charge is 2.12. The molecule has 0 aliphatic rings. The van der Waals surface area contributed by atoms with Crippen LogP contribution >= 0.6 is 0 Å². The van der Waals surface area contributed by atoms with Crippen LogP contribution in [0.2, 0.25) is 0 Å². The van der Waals surface area contributed by atoms with Crippen LogP contribution in [0, 0.1) is 20.8 Å². The fourth-order valence-electron chi connectivity index (χ4n) is 2.37. The van der Waals surface area contributed by atoms with Gasteiger partial charge >= 0.3 is 0 Å². The van der Waals surface area contributed by atoms with Crippen molar-refractivity contribution >= 4 is 11.7 Å². The number of hydrogen-bond donors (Lipinski definition) is 2. The first-order valence-corrected chi connectivity index (χ1v) is 7.25. The van der Waals surface area contributed by atoms with Gasteiger partial charge in [0.2, 0.25) is 0 Å². The highest BCUT2D eigenvalue weighted by Crippen LogP contribution is 2.26. The Labute approximate surface area is 134 Å². The van der Waals surface area contributed by atoms with Crippen LogP contribution in [0.1, 0.15) is 27.2 Å². The van der Waals surface area contributed by atoms with E-state index in [1.807, 2.05) is 6.07 Å². The van der Waals surface area contributed by atoms with Gasteiger partial charge in [0.1, 0.15) is 5.69 Å². The molecule has 1 aromatic carbocycles. The van der Waals surface area contributed by atoms with E-state index in [2.05, 4.69) is 58.4 Å². The summed E-state index contributed by atoms with van der Waals surface area (Å²) < 4.78 is 0. The molecule has 0 saturated heterocycles. The number of nitrogens with one attached hydrogen (secondary N) is 2. The van der Waals surface area contributed by atoms with Gasteiger partial charge in [-0.15, -0.1) is 0 Å². The normalized spacial score (nSPS) is 10.6. The van der Waals surface area contributed by atoms with Crippen LogP contribution in [0.4, 0.5) is 5.82 Å². The third-order valence-corrected chi connectivity index (χ3v) is 3.75. The van der Waals surface area contributed by atoms with Crippen LogP contribution in [0.3, 0.4) is 0 Å². The van der Waals surface area contributed by atoms with E-state index in [1.54, 1.807) is 0 Å². The van der Waals surface area contributed by atoms with Gasteiger partial charge < -0.3 is 5.32 Å². The van der Waals surface area contributed by atoms with Crippen molar-refractivity contribution in [3.8, 4) is 11.3 Å². The zero-order valence-electron chi connectivity index (χ0n) is 13.2. The molecule has 1 amide bonds. The van der Waals surface area contributed by atoms with E-state index in [9.17, 15) is 4.79 Å². The lowest BCUT2D eigenvalue weighted by Gasteiger charge is -2.07. The van der Waals surface area contributed by atoms with E-state index >= 15 is 0 Å². The van der Waals surface area contributed by atoms with Crippen molar-refractivity contribution in [3.05, 3.63) is 59.2 Å². The average molecular weight is 307 g/mol. The van der Waals surface area contributed by atoms with Gasteiger partial charge in [0.05, 0.1) is 11.9 Å². The number of carbonyl (C=O) groups excluding carboxylic acids is 1. The molecule has 2 heterocycles. The Morgan fingerprint density at radius 3 is 2.57 bits per heavy atom. The van der Waals surface area contributed by atoms with Crippen molar-refractivity contribution in [2.24, 2.45) is 0 Å². The van der Waals surface area contributed by atoms with E-state index in [0.717, 1.165) is 16.8 Å². The summed E-state index contributed by atoms with van der Waals surface area (Å²) in [4.78, 5) is 19.9. The number of benzene rings is 1. The molecule has 6 nitrogen and oxygen atoms in total.